The molecule has 128 valence electrons. The third kappa shape index (κ3) is 7.46. The number of unbranched alkanes of at least 4 members (excludes halogenated alkanes) is 4. The molecule has 0 atom stereocenters. The van der Waals surface area contributed by atoms with Gasteiger partial charge in [-0.2, -0.15) is 0 Å². The molecule has 0 amide bonds. The van der Waals surface area contributed by atoms with Gasteiger partial charge in [0.15, 0.2) is 5.76 Å². The lowest BCUT2D eigenvalue weighted by Gasteiger charge is -2.04. The average molecular weight is 334 g/mol. The number of furan rings is 1. The van der Waals surface area contributed by atoms with Gasteiger partial charge < -0.3 is 9.52 Å². The van der Waals surface area contributed by atoms with Gasteiger partial charge in [0.1, 0.15) is 0 Å². The normalized spacial score (nSPS) is 9.60. The van der Waals surface area contributed by atoms with E-state index in [-0.39, 0.29) is 6.42 Å². The van der Waals surface area contributed by atoms with E-state index in [2.05, 4.69) is 29.7 Å². The maximum Gasteiger partial charge on any atom is 0.303 e. The predicted octanol–water partition coefficient (Wildman–Crippen LogP) is 4.65. The van der Waals surface area contributed by atoms with Gasteiger partial charge in [-0.15, -0.1) is 0 Å². The molecule has 1 aromatic heterocycles. The van der Waals surface area contributed by atoms with E-state index in [0.29, 0.717) is 5.76 Å². The minimum Gasteiger partial charge on any atom is -0.481 e. The van der Waals surface area contributed by atoms with Gasteiger partial charge >= 0.3 is 5.97 Å². The van der Waals surface area contributed by atoms with E-state index in [9.17, 15) is 4.79 Å². The maximum absolute atomic E-state index is 10.5. The molecular weight excluding hydrogens is 312 g/mol. The molecule has 0 radical (unpaired) electrons. The summed E-state index contributed by atoms with van der Waals surface area (Å²) in [6.07, 6.45) is 7.88. The van der Waals surface area contributed by atoms with Crippen LogP contribution in [-0.4, -0.2) is 11.1 Å². The van der Waals surface area contributed by atoms with Crippen molar-refractivity contribution in [3.63, 3.8) is 0 Å². The van der Waals surface area contributed by atoms with Crippen molar-refractivity contribution < 1.29 is 14.3 Å². The Hall–Kier alpha value is -2.91. The van der Waals surface area contributed by atoms with E-state index in [1.54, 1.807) is 18.4 Å². The van der Waals surface area contributed by atoms with Crippen molar-refractivity contribution in [2.24, 2.45) is 0 Å². The summed E-state index contributed by atoms with van der Waals surface area (Å²) < 4.78 is 5.14. The van der Waals surface area contributed by atoms with E-state index >= 15 is 0 Å². The van der Waals surface area contributed by atoms with Crippen LogP contribution in [0, 0.1) is 23.7 Å². The first-order chi connectivity index (χ1) is 12.3. The Morgan fingerprint density at radius 3 is 2.48 bits per heavy atom. The SMILES string of the molecule is O=C(O)CCCCCCCc1ccccc1C#CC#Cc1ccco1. The lowest BCUT2D eigenvalue weighted by Crippen LogP contribution is -1.94. The highest BCUT2D eigenvalue weighted by Crippen LogP contribution is 2.13. The first-order valence-electron chi connectivity index (χ1n) is 8.61. The summed E-state index contributed by atoms with van der Waals surface area (Å²) in [5, 5.41) is 8.61. The molecule has 0 saturated heterocycles. The van der Waals surface area contributed by atoms with E-state index in [0.717, 1.165) is 44.1 Å². The third-order valence-corrected chi connectivity index (χ3v) is 3.82. The zero-order valence-corrected chi connectivity index (χ0v) is 14.3. The fraction of sp³-hybridized carbons (Fsp3) is 0.318. The number of aryl methyl sites for hydroxylation is 1. The molecule has 2 aromatic rings. The number of rotatable bonds is 8. The molecule has 1 heterocycles. The molecule has 3 nitrogen and oxygen atoms in total. The Bertz CT molecular complexity index is 780. The summed E-state index contributed by atoms with van der Waals surface area (Å²) in [6, 6.07) is 11.7. The van der Waals surface area contributed by atoms with Crippen LogP contribution in [0.25, 0.3) is 0 Å². The number of hydrogen-bond donors (Lipinski definition) is 1. The lowest BCUT2D eigenvalue weighted by molar-refractivity contribution is -0.137. The van der Waals surface area contributed by atoms with Gasteiger partial charge in [0.05, 0.1) is 6.26 Å². The molecule has 0 spiro atoms. The summed E-state index contributed by atoms with van der Waals surface area (Å²) >= 11 is 0. The molecule has 0 bridgehead atoms. The van der Waals surface area contributed by atoms with Crippen LogP contribution in [0.15, 0.2) is 47.1 Å². The van der Waals surface area contributed by atoms with Crippen LogP contribution in [0.2, 0.25) is 0 Å². The number of carboxylic acids is 1. The fourth-order valence-electron chi connectivity index (χ4n) is 2.52. The number of hydrogen-bond acceptors (Lipinski definition) is 2. The van der Waals surface area contributed by atoms with Gasteiger partial charge in [-0.05, 0) is 60.8 Å². The van der Waals surface area contributed by atoms with E-state index in [1.807, 2.05) is 18.2 Å². The molecule has 2 rings (SSSR count). The Labute approximate surface area is 149 Å². The highest BCUT2D eigenvalue weighted by atomic mass is 16.4. The van der Waals surface area contributed by atoms with E-state index in [1.165, 1.54) is 5.56 Å². The zero-order chi connectivity index (χ0) is 17.7. The second-order valence-electron chi connectivity index (χ2n) is 5.80. The number of carbonyl (C=O) groups is 1. The summed E-state index contributed by atoms with van der Waals surface area (Å²) in [6.45, 7) is 0. The minimum absolute atomic E-state index is 0.275. The highest BCUT2D eigenvalue weighted by Gasteiger charge is 2.00. The quantitative estimate of drug-likeness (QED) is 0.565. The van der Waals surface area contributed by atoms with Crippen molar-refractivity contribution >= 4 is 5.97 Å². The van der Waals surface area contributed by atoms with E-state index in [4.69, 9.17) is 9.52 Å². The van der Waals surface area contributed by atoms with Gasteiger partial charge in [-0.3, -0.25) is 4.79 Å². The maximum atomic E-state index is 10.5. The number of aliphatic carboxylic acids is 1. The smallest absolute Gasteiger partial charge is 0.303 e. The van der Waals surface area contributed by atoms with Crippen LogP contribution in [0.3, 0.4) is 0 Å². The summed E-state index contributed by atoms with van der Waals surface area (Å²) in [5.74, 6) is 11.6. The minimum atomic E-state index is -0.706. The van der Waals surface area contributed by atoms with Crippen molar-refractivity contribution in [3.05, 3.63) is 59.5 Å². The monoisotopic (exact) mass is 334 g/mol. The first kappa shape index (κ1) is 18.4. The average Bonchev–Trinajstić information content (AvgIpc) is 3.12. The Morgan fingerprint density at radius 2 is 1.68 bits per heavy atom. The van der Waals surface area contributed by atoms with Gasteiger partial charge in [0, 0.05) is 12.0 Å². The Kier molecular flexibility index (Phi) is 7.95. The largest absolute Gasteiger partial charge is 0.481 e. The predicted molar refractivity (Wildman–Crippen MR) is 97.9 cm³/mol. The summed E-state index contributed by atoms with van der Waals surface area (Å²) in [7, 11) is 0. The zero-order valence-electron chi connectivity index (χ0n) is 14.3. The molecule has 0 saturated carbocycles. The second-order valence-corrected chi connectivity index (χ2v) is 5.80. The molecule has 0 aliphatic rings. The molecule has 0 aliphatic carbocycles. The van der Waals surface area contributed by atoms with Crippen LogP contribution in [0.4, 0.5) is 0 Å². The molecule has 3 heteroatoms. The Balaban J connectivity index is 1.79. The van der Waals surface area contributed by atoms with Crippen LogP contribution in [0.1, 0.15) is 55.4 Å². The van der Waals surface area contributed by atoms with Crippen molar-refractivity contribution in [1.82, 2.24) is 0 Å². The molecule has 25 heavy (non-hydrogen) atoms. The highest BCUT2D eigenvalue weighted by molar-refractivity contribution is 5.66. The van der Waals surface area contributed by atoms with Crippen LogP contribution in [-0.2, 0) is 11.2 Å². The molecule has 1 N–H and O–H groups in total. The van der Waals surface area contributed by atoms with Gasteiger partial charge in [-0.25, -0.2) is 0 Å². The fourth-order valence-corrected chi connectivity index (χ4v) is 2.52. The molecule has 0 unspecified atom stereocenters. The van der Waals surface area contributed by atoms with Gasteiger partial charge in [0.25, 0.3) is 0 Å². The summed E-state index contributed by atoms with van der Waals surface area (Å²) in [5.41, 5.74) is 2.25. The van der Waals surface area contributed by atoms with Crippen molar-refractivity contribution in [2.75, 3.05) is 0 Å². The van der Waals surface area contributed by atoms with Crippen molar-refractivity contribution in [2.45, 2.75) is 44.9 Å². The lowest BCUT2D eigenvalue weighted by atomic mass is 10.0. The number of carboxylic acid groups (broad SMARTS) is 1. The molecular formula is C22H22O3. The third-order valence-electron chi connectivity index (χ3n) is 3.82. The van der Waals surface area contributed by atoms with Crippen molar-refractivity contribution in [3.8, 4) is 23.7 Å². The standard InChI is InChI=1S/C22H22O3/c23-22(24)17-5-3-1-2-4-11-19-12-6-7-13-20(19)14-8-9-15-21-16-10-18-25-21/h6-7,10,12-13,16,18H,1-5,11,17H2,(H,23,24). The van der Waals surface area contributed by atoms with Crippen molar-refractivity contribution in [1.29, 1.82) is 0 Å². The topological polar surface area (TPSA) is 50.4 Å². The second kappa shape index (κ2) is 10.8. The molecule has 1 aromatic carbocycles. The number of benzene rings is 1. The van der Waals surface area contributed by atoms with E-state index < -0.39 is 5.97 Å². The van der Waals surface area contributed by atoms with Crippen LogP contribution < -0.4 is 0 Å². The van der Waals surface area contributed by atoms with Gasteiger partial charge in [-0.1, -0.05) is 43.4 Å². The first-order valence-corrected chi connectivity index (χ1v) is 8.61. The van der Waals surface area contributed by atoms with Crippen LogP contribution in [0.5, 0.6) is 0 Å². The van der Waals surface area contributed by atoms with Gasteiger partial charge in [0.2, 0.25) is 0 Å². The molecule has 0 aliphatic heterocycles. The van der Waals surface area contributed by atoms with Crippen LogP contribution >= 0.6 is 0 Å². The molecule has 0 fully saturated rings. The Morgan fingerprint density at radius 1 is 0.920 bits per heavy atom. The summed E-state index contributed by atoms with van der Waals surface area (Å²) in [4.78, 5) is 10.5.